The van der Waals surface area contributed by atoms with E-state index in [2.05, 4.69) is 5.32 Å². The SMILES string of the molecule is Nc1cc(N)c(NCCCC(F)(F)F)c(F)c1Cl. The van der Waals surface area contributed by atoms with E-state index in [0.717, 1.165) is 0 Å². The van der Waals surface area contributed by atoms with Crippen molar-refractivity contribution in [1.29, 1.82) is 0 Å². The van der Waals surface area contributed by atoms with Crippen LogP contribution in [0.4, 0.5) is 34.6 Å². The molecule has 8 heteroatoms. The van der Waals surface area contributed by atoms with Gasteiger partial charge in [0.15, 0.2) is 5.82 Å². The van der Waals surface area contributed by atoms with Crippen molar-refractivity contribution in [2.75, 3.05) is 23.3 Å². The van der Waals surface area contributed by atoms with Gasteiger partial charge in [-0.1, -0.05) is 11.6 Å². The highest BCUT2D eigenvalue weighted by Gasteiger charge is 2.26. The van der Waals surface area contributed by atoms with Crippen LogP contribution in [0.1, 0.15) is 12.8 Å². The summed E-state index contributed by atoms with van der Waals surface area (Å²) in [7, 11) is 0. The second kappa shape index (κ2) is 5.51. The molecule has 1 aromatic rings. The van der Waals surface area contributed by atoms with E-state index in [0.29, 0.717) is 0 Å². The van der Waals surface area contributed by atoms with Crippen molar-refractivity contribution in [3.8, 4) is 0 Å². The predicted octanol–water partition coefficient (Wildman–Crippen LogP) is 3.40. The molecule has 1 rings (SSSR count). The summed E-state index contributed by atoms with van der Waals surface area (Å²) in [5, 5.41) is 2.18. The average molecular weight is 286 g/mol. The molecule has 0 aliphatic heterocycles. The number of benzene rings is 1. The van der Waals surface area contributed by atoms with Crippen molar-refractivity contribution >= 4 is 28.7 Å². The minimum atomic E-state index is -4.23. The first-order chi connectivity index (χ1) is 8.22. The van der Waals surface area contributed by atoms with Crippen molar-refractivity contribution in [2.45, 2.75) is 19.0 Å². The summed E-state index contributed by atoms with van der Waals surface area (Å²) in [6.45, 7) is -0.0686. The molecule has 0 aromatic heterocycles. The van der Waals surface area contributed by atoms with Crippen molar-refractivity contribution in [1.82, 2.24) is 0 Å². The molecule has 18 heavy (non-hydrogen) atoms. The highest BCUT2D eigenvalue weighted by molar-refractivity contribution is 6.33. The number of nitrogens with one attached hydrogen (secondary N) is 1. The number of halogens is 5. The highest BCUT2D eigenvalue weighted by atomic mass is 35.5. The van der Waals surface area contributed by atoms with E-state index in [4.69, 9.17) is 23.1 Å². The number of hydrogen-bond donors (Lipinski definition) is 3. The van der Waals surface area contributed by atoms with Crippen LogP contribution in [-0.2, 0) is 0 Å². The zero-order valence-corrected chi connectivity index (χ0v) is 10.00. The second-order valence-electron chi connectivity index (χ2n) is 3.70. The summed E-state index contributed by atoms with van der Waals surface area (Å²) in [6, 6.07) is 1.25. The molecule has 0 saturated heterocycles. The Morgan fingerprint density at radius 3 is 2.39 bits per heavy atom. The average Bonchev–Trinajstić information content (AvgIpc) is 2.23. The molecule has 3 nitrogen and oxygen atoms in total. The Morgan fingerprint density at radius 2 is 1.83 bits per heavy atom. The Balaban J connectivity index is 2.66. The lowest BCUT2D eigenvalue weighted by Gasteiger charge is -2.13. The van der Waals surface area contributed by atoms with Crippen molar-refractivity contribution in [3.63, 3.8) is 0 Å². The Bertz CT molecular complexity index is 434. The number of nitrogen functional groups attached to an aromatic ring is 2. The zero-order valence-electron chi connectivity index (χ0n) is 9.24. The number of rotatable bonds is 4. The van der Waals surface area contributed by atoms with Crippen LogP contribution in [0.5, 0.6) is 0 Å². The molecule has 0 spiro atoms. The highest BCUT2D eigenvalue weighted by Crippen LogP contribution is 2.33. The molecule has 0 bridgehead atoms. The van der Waals surface area contributed by atoms with Crippen molar-refractivity contribution in [2.24, 2.45) is 0 Å². The minimum absolute atomic E-state index is 0.00130. The fourth-order valence-corrected chi connectivity index (χ4v) is 1.50. The van der Waals surface area contributed by atoms with Crippen LogP contribution in [0.2, 0.25) is 5.02 Å². The van der Waals surface area contributed by atoms with E-state index in [-0.39, 0.29) is 35.1 Å². The molecule has 5 N–H and O–H groups in total. The summed E-state index contributed by atoms with van der Waals surface area (Å²) < 4.78 is 49.3. The van der Waals surface area contributed by atoms with Crippen LogP contribution in [0.15, 0.2) is 6.07 Å². The van der Waals surface area contributed by atoms with Gasteiger partial charge in [-0.3, -0.25) is 0 Å². The van der Waals surface area contributed by atoms with E-state index >= 15 is 0 Å². The molecule has 0 saturated carbocycles. The van der Waals surface area contributed by atoms with Gasteiger partial charge >= 0.3 is 6.18 Å². The summed E-state index contributed by atoms with van der Waals surface area (Å²) in [4.78, 5) is 0. The maximum atomic E-state index is 13.6. The first-order valence-electron chi connectivity index (χ1n) is 5.06. The smallest absolute Gasteiger partial charge is 0.389 e. The molecule has 0 amide bonds. The summed E-state index contributed by atoms with van der Waals surface area (Å²) in [5.74, 6) is -0.860. The van der Waals surface area contributed by atoms with Crippen LogP contribution in [0, 0.1) is 5.82 Å². The third kappa shape index (κ3) is 3.83. The summed E-state index contributed by atoms with van der Waals surface area (Å²) >= 11 is 5.56. The van der Waals surface area contributed by atoms with Gasteiger partial charge in [-0.15, -0.1) is 0 Å². The van der Waals surface area contributed by atoms with Gasteiger partial charge in [-0.2, -0.15) is 13.2 Å². The van der Waals surface area contributed by atoms with Gasteiger partial charge in [-0.05, 0) is 12.5 Å². The lowest BCUT2D eigenvalue weighted by molar-refractivity contribution is -0.134. The fourth-order valence-electron chi connectivity index (χ4n) is 1.35. The monoisotopic (exact) mass is 285 g/mol. The maximum Gasteiger partial charge on any atom is 0.389 e. The van der Waals surface area contributed by atoms with Crippen LogP contribution in [0.3, 0.4) is 0 Å². The van der Waals surface area contributed by atoms with E-state index < -0.39 is 18.4 Å². The molecule has 1 aromatic carbocycles. The lowest BCUT2D eigenvalue weighted by atomic mass is 10.2. The van der Waals surface area contributed by atoms with Crippen LogP contribution < -0.4 is 16.8 Å². The molecule has 102 valence electrons. The van der Waals surface area contributed by atoms with Gasteiger partial charge in [-0.25, -0.2) is 4.39 Å². The van der Waals surface area contributed by atoms with Gasteiger partial charge in [0, 0.05) is 13.0 Å². The van der Waals surface area contributed by atoms with E-state index in [1.807, 2.05) is 0 Å². The number of nitrogens with two attached hydrogens (primary N) is 2. The van der Waals surface area contributed by atoms with Gasteiger partial charge in [0.2, 0.25) is 0 Å². The van der Waals surface area contributed by atoms with Gasteiger partial charge in [0.05, 0.1) is 17.1 Å². The third-order valence-electron chi connectivity index (χ3n) is 2.20. The molecular formula is C10H12ClF4N3. The molecule has 0 heterocycles. The molecule has 0 unspecified atom stereocenters. The predicted molar refractivity (Wildman–Crippen MR) is 64.0 cm³/mol. The van der Waals surface area contributed by atoms with Crippen LogP contribution >= 0.6 is 11.6 Å². The molecule has 0 radical (unpaired) electrons. The Labute approximate surface area is 106 Å². The second-order valence-corrected chi connectivity index (χ2v) is 4.08. The summed E-state index contributed by atoms with van der Waals surface area (Å²) in [5.41, 5.74) is 10.7. The van der Waals surface area contributed by atoms with Crippen LogP contribution in [0.25, 0.3) is 0 Å². The molecule has 0 atom stereocenters. The normalized spacial score (nSPS) is 11.6. The van der Waals surface area contributed by atoms with Crippen LogP contribution in [-0.4, -0.2) is 12.7 Å². The zero-order chi connectivity index (χ0) is 13.9. The lowest BCUT2D eigenvalue weighted by Crippen LogP contribution is -2.12. The van der Waals surface area contributed by atoms with Gasteiger partial charge in [0.25, 0.3) is 0 Å². The van der Waals surface area contributed by atoms with Gasteiger partial charge < -0.3 is 16.8 Å². The number of hydrogen-bond acceptors (Lipinski definition) is 3. The van der Waals surface area contributed by atoms with E-state index in [1.54, 1.807) is 0 Å². The fraction of sp³-hybridized carbons (Fsp3) is 0.400. The quantitative estimate of drug-likeness (QED) is 0.451. The topological polar surface area (TPSA) is 64.1 Å². The van der Waals surface area contributed by atoms with E-state index in [9.17, 15) is 17.6 Å². The first-order valence-corrected chi connectivity index (χ1v) is 5.43. The maximum absolute atomic E-state index is 13.6. The molecular weight excluding hydrogens is 274 g/mol. The largest absolute Gasteiger partial charge is 0.397 e. The Hall–Kier alpha value is -1.37. The molecule has 0 aliphatic rings. The standard InChI is InChI=1S/C10H12ClF4N3/c11-7-5(16)4-6(17)9(8(7)12)18-3-1-2-10(13,14)15/h4,18H,1-3,16-17H2. The number of anilines is 3. The first kappa shape index (κ1) is 14.7. The van der Waals surface area contributed by atoms with Gasteiger partial charge in [0.1, 0.15) is 5.02 Å². The van der Waals surface area contributed by atoms with Crippen molar-refractivity contribution < 1.29 is 17.6 Å². The minimum Gasteiger partial charge on any atom is -0.397 e. The molecule has 0 fully saturated rings. The molecule has 0 aliphatic carbocycles. The number of alkyl halides is 3. The third-order valence-corrected chi connectivity index (χ3v) is 2.59. The van der Waals surface area contributed by atoms with Crippen molar-refractivity contribution in [3.05, 3.63) is 16.9 Å². The summed E-state index contributed by atoms with van der Waals surface area (Å²) in [6.07, 6.45) is -5.38. The Morgan fingerprint density at radius 1 is 1.22 bits per heavy atom. The van der Waals surface area contributed by atoms with E-state index in [1.165, 1.54) is 6.07 Å². The Kier molecular flexibility index (Phi) is 4.50.